The molecule has 3 aliphatic rings. The summed E-state index contributed by atoms with van der Waals surface area (Å²) in [5.41, 5.74) is 0.757. The Bertz CT molecular complexity index is 611. The van der Waals surface area contributed by atoms with Crippen molar-refractivity contribution in [3.05, 3.63) is 24.2 Å². The fourth-order valence-corrected chi connectivity index (χ4v) is 4.62. The fourth-order valence-electron chi connectivity index (χ4n) is 4.62. The van der Waals surface area contributed by atoms with Crippen molar-refractivity contribution >= 4 is 11.8 Å². The van der Waals surface area contributed by atoms with Gasteiger partial charge in [0.1, 0.15) is 6.26 Å². The van der Waals surface area contributed by atoms with Gasteiger partial charge in [-0.1, -0.05) is 6.92 Å². The van der Waals surface area contributed by atoms with Gasteiger partial charge in [-0.3, -0.25) is 9.59 Å². The summed E-state index contributed by atoms with van der Waals surface area (Å²) in [6, 6.07) is 1.72. The summed E-state index contributed by atoms with van der Waals surface area (Å²) in [7, 11) is 0. The Balaban J connectivity index is 1.31. The lowest BCUT2D eigenvalue weighted by Crippen LogP contribution is -2.61. The normalized spacial score (nSPS) is 28.9. The number of nitrogens with zero attached hydrogens (tertiary/aromatic N) is 2. The van der Waals surface area contributed by atoms with E-state index < -0.39 is 0 Å². The molecular formula is C19H26N2O3. The molecule has 2 aliphatic heterocycles. The van der Waals surface area contributed by atoms with E-state index in [0.717, 1.165) is 51.4 Å². The summed E-state index contributed by atoms with van der Waals surface area (Å²) in [6.07, 6.45) is 8.51. The molecule has 5 heteroatoms. The molecule has 0 N–H and O–H groups in total. The van der Waals surface area contributed by atoms with E-state index in [-0.39, 0.29) is 17.2 Å². The number of carbonyl (C=O) groups is 2. The van der Waals surface area contributed by atoms with Gasteiger partial charge in [0.2, 0.25) is 5.91 Å². The first-order valence-electron chi connectivity index (χ1n) is 9.17. The third kappa shape index (κ3) is 2.74. The van der Waals surface area contributed by atoms with Gasteiger partial charge in [-0.05, 0) is 44.1 Å². The summed E-state index contributed by atoms with van der Waals surface area (Å²) in [6.45, 7) is 5.49. The molecule has 3 fully saturated rings. The molecule has 130 valence electrons. The third-order valence-electron chi connectivity index (χ3n) is 6.22. The van der Waals surface area contributed by atoms with Crippen molar-refractivity contribution in [1.82, 2.24) is 9.80 Å². The molecule has 24 heavy (non-hydrogen) atoms. The highest BCUT2D eigenvalue weighted by Gasteiger charge is 2.51. The van der Waals surface area contributed by atoms with Crippen LogP contribution in [-0.4, -0.2) is 47.8 Å². The van der Waals surface area contributed by atoms with Crippen molar-refractivity contribution < 1.29 is 14.0 Å². The molecule has 0 radical (unpaired) electrons. The minimum atomic E-state index is 0.0478. The fraction of sp³-hybridized carbons (Fsp3) is 0.684. The van der Waals surface area contributed by atoms with Gasteiger partial charge in [-0.2, -0.15) is 0 Å². The van der Waals surface area contributed by atoms with Crippen LogP contribution in [0.25, 0.3) is 0 Å². The van der Waals surface area contributed by atoms with Crippen LogP contribution in [0.3, 0.4) is 0 Å². The number of furan rings is 1. The lowest BCUT2D eigenvalue weighted by atomic mass is 9.76. The Kier molecular flexibility index (Phi) is 3.89. The molecule has 5 nitrogen and oxygen atoms in total. The SMILES string of the molecule is CC1CCC(C(=O)N2CC3(CCN(C(=O)c4ccoc4)C3)C2)CC1. The van der Waals surface area contributed by atoms with Gasteiger partial charge in [0.15, 0.2) is 0 Å². The summed E-state index contributed by atoms with van der Waals surface area (Å²) in [4.78, 5) is 29.0. The zero-order valence-electron chi connectivity index (χ0n) is 14.4. The van der Waals surface area contributed by atoms with Crippen molar-refractivity contribution in [1.29, 1.82) is 0 Å². The Hall–Kier alpha value is -1.78. The van der Waals surface area contributed by atoms with Crippen LogP contribution < -0.4 is 0 Å². The molecule has 0 unspecified atom stereocenters. The second-order valence-corrected chi connectivity index (χ2v) is 8.14. The van der Waals surface area contributed by atoms with Crippen molar-refractivity contribution in [3.63, 3.8) is 0 Å². The zero-order valence-corrected chi connectivity index (χ0v) is 14.4. The highest BCUT2D eigenvalue weighted by atomic mass is 16.3. The van der Waals surface area contributed by atoms with Crippen LogP contribution in [0.4, 0.5) is 0 Å². The number of hydrogen-bond acceptors (Lipinski definition) is 3. The Labute approximate surface area is 143 Å². The largest absolute Gasteiger partial charge is 0.472 e. The molecule has 2 amide bonds. The van der Waals surface area contributed by atoms with E-state index in [1.807, 2.05) is 9.80 Å². The van der Waals surface area contributed by atoms with Crippen LogP contribution >= 0.6 is 0 Å². The topological polar surface area (TPSA) is 53.8 Å². The maximum Gasteiger partial charge on any atom is 0.257 e. The Morgan fingerprint density at radius 2 is 1.83 bits per heavy atom. The standard InChI is InChI=1S/C19H26N2O3/c1-14-2-4-15(5-3-14)17(22)21-12-19(13-21)7-8-20(11-19)18(23)16-6-9-24-10-16/h6,9-10,14-15H,2-5,7-8,11-13H2,1H3. The van der Waals surface area contributed by atoms with E-state index >= 15 is 0 Å². The van der Waals surface area contributed by atoms with Crippen LogP contribution in [-0.2, 0) is 4.79 Å². The highest BCUT2D eigenvalue weighted by Crippen LogP contribution is 2.41. The van der Waals surface area contributed by atoms with Crippen LogP contribution in [0.1, 0.15) is 49.4 Å². The van der Waals surface area contributed by atoms with Gasteiger partial charge in [0, 0.05) is 37.5 Å². The maximum absolute atomic E-state index is 12.7. The minimum absolute atomic E-state index is 0.0478. The molecule has 3 heterocycles. The maximum atomic E-state index is 12.7. The molecule has 1 aliphatic carbocycles. The predicted octanol–water partition coefficient (Wildman–Crippen LogP) is 2.78. The number of rotatable bonds is 2. The summed E-state index contributed by atoms with van der Waals surface area (Å²) < 4.78 is 5.01. The number of carbonyl (C=O) groups excluding carboxylic acids is 2. The van der Waals surface area contributed by atoms with E-state index in [1.165, 1.54) is 25.4 Å². The number of hydrogen-bond donors (Lipinski definition) is 0. The average molecular weight is 330 g/mol. The predicted molar refractivity (Wildman–Crippen MR) is 89.4 cm³/mol. The summed E-state index contributed by atoms with van der Waals surface area (Å²) >= 11 is 0. The summed E-state index contributed by atoms with van der Waals surface area (Å²) in [5, 5.41) is 0. The van der Waals surface area contributed by atoms with E-state index in [4.69, 9.17) is 4.42 Å². The quantitative estimate of drug-likeness (QED) is 0.838. The monoisotopic (exact) mass is 330 g/mol. The third-order valence-corrected chi connectivity index (χ3v) is 6.22. The molecule has 2 saturated heterocycles. The molecule has 1 aromatic heterocycles. The zero-order chi connectivity index (χ0) is 16.7. The second kappa shape index (κ2) is 5.94. The van der Waals surface area contributed by atoms with E-state index in [0.29, 0.717) is 11.5 Å². The minimum Gasteiger partial charge on any atom is -0.472 e. The molecular weight excluding hydrogens is 304 g/mol. The molecule has 4 rings (SSSR count). The van der Waals surface area contributed by atoms with E-state index in [9.17, 15) is 9.59 Å². The van der Waals surface area contributed by atoms with Gasteiger partial charge >= 0.3 is 0 Å². The van der Waals surface area contributed by atoms with Gasteiger partial charge in [0.25, 0.3) is 5.91 Å². The van der Waals surface area contributed by atoms with Crippen molar-refractivity contribution in [2.75, 3.05) is 26.2 Å². The van der Waals surface area contributed by atoms with Gasteiger partial charge in [0.05, 0.1) is 11.8 Å². The lowest BCUT2D eigenvalue weighted by molar-refractivity contribution is -0.148. The van der Waals surface area contributed by atoms with Crippen molar-refractivity contribution in [2.24, 2.45) is 17.3 Å². The Morgan fingerprint density at radius 3 is 2.50 bits per heavy atom. The molecule has 0 atom stereocenters. The lowest BCUT2D eigenvalue weighted by Gasteiger charge is -2.49. The smallest absolute Gasteiger partial charge is 0.257 e. The second-order valence-electron chi connectivity index (χ2n) is 8.14. The highest BCUT2D eigenvalue weighted by molar-refractivity contribution is 5.94. The van der Waals surface area contributed by atoms with Crippen LogP contribution in [0, 0.1) is 17.3 Å². The van der Waals surface area contributed by atoms with Crippen LogP contribution in [0.5, 0.6) is 0 Å². The van der Waals surface area contributed by atoms with Gasteiger partial charge in [-0.15, -0.1) is 0 Å². The average Bonchev–Trinajstić information content (AvgIpc) is 3.23. The van der Waals surface area contributed by atoms with E-state index in [1.54, 1.807) is 6.07 Å². The molecule has 1 aromatic rings. The van der Waals surface area contributed by atoms with Gasteiger partial charge in [-0.25, -0.2) is 0 Å². The first-order chi connectivity index (χ1) is 11.6. The molecule has 0 bridgehead atoms. The van der Waals surface area contributed by atoms with E-state index in [2.05, 4.69) is 6.92 Å². The molecule has 1 spiro atoms. The molecule has 1 saturated carbocycles. The van der Waals surface area contributed by atoms with Crippen molar-refractivity contribution in [2.45, 2.75) is 39.0 Å². The number of likely N-dealkylation sites (tertiary alicyclic amines) is 2. The Morgan fingerprint density at radius 1 is 1.12 bits per heavy atom. The number of amides is 2. The molecule has 0 aromatic carbocycles. The van der Waals surface area contributed by atoms with Crippen LogP contribution in [0.2, 0.25) is 0 Å². The van der Waals surface area contributed by atoms with Crippen LogP contribution in [0.15, 0.2) is 23.0 Å². The first kappa shape index (κ1) is 15.7. The van der Waals surface area contributed by atoms with Crippen molar-refractivity contribution in [3.8, 4) is 0 Å². The summed E-state index contributed by atoms with van der Waals surface area (Å²) in [5.74, 6) is 1.41. The first-order valence-corrected chi connectivity index (χ1v) is 9.17. The van der Waals surface area contributed by atoms with Gasteiger partial charge < -0.3 is 14.2 Å².